The Balaban J connectivity index is 3.19. The summed E-state index contributed by atoms with van der Waals surface area (Å²) < 4.78 is 0. The number of carboxylic acid groups (broad SMARTS) is 1. The van der Waals surface area contributed by atoms with Crippen LogP contribution in [0.25, 0.3) is 0 Å². The second-order valence-electron chi connectivity index (χ2n) is 2.61. The van der Waals surface area contributed by atoms with Crippen molar-refractivity contribution in [2.75, 3.05) is 24.7 Å². The average Bonchev–Trinajstić information content (AvgIpc) is 2.10. The van der Waals surface area contributed by atoms with Crippen LogP contribution in [0.3, 0.4) is 0 Å². The number of rotatable bonds is 8. The average molecular weight is 221 g/mol. The number of carbonyl (C=O) groups excluding carboxylic acids is 1. The SMILES string of the molecule is O=C(O)CC(=O)NCCSCCCO. The van der Waals surface area contributed by atoms with Gasteiger partial charge in [0, 0.05) is 18.9 Å². The number of nitrogens with one attached hydrogen (secondary N) is 1. The molecule has 0 saturated heterocycles. The van der Waals surface area contributed by atoms with Gasteiger partial charge < -0.3 is 15.5 Å². The number of carboxylic acids is 1. The van der Waals surface area contributed by atoms with Gasteiger partial charge in [-0.25, -0.2) is 0 Å². The van der Waals surface area contributed by atoms with Crippen LogP contribution in [-0.4, -0.2) is 46.7 Å². The summed E-state index contributed by atoms with van der Waals surface area (Å²) in [6.45, 7) is 0.653. The molecule has 0 aliphatic carbocycles. The number of thioether (sulfide) groups is 1. The van der Waals surface area contributed by atoms with Gasteiger partial charge >= 0.3 is 5.97 Å². The van der Waals surface area contributed by atoms with Crippen LogP contribution >= 0.6 is 11.8 Å². The van der Waals surface area contributed by atoms with E-state index in [4.69, 9.17) is 10.2 Å². The van der Waals surface area contributed by atoms with Gasteiger partial charge in [-0.05, 0) is 12.2 Å². The number of hydrogen-bond acceptors (Lipinski definition) is 4. The van der Waals surface area contributed by atoms with Crippen molar-refractivity contribution in [3.63, 3.8) is 0 Å². The number of amides is 1. The molecule has 0 rings (SSSR count). The molecular weight excluding hydrogens is 206 g/mol. The summed E-state index contributed by atoms with van der Waals surface area (Å²) in [6, 6.07) is 0. The molecule has 0 heterocycles. The van der Waals surface area contributed by atoms with E-state index in [1.807, 2.05) is 0 Å². The van der Waals surface area contributed by atoms with Crippen LogP contribution in [0.5, 0.6) is 0 Å². The minimum atomic E-state index is -1.12. The van der Waals surface area contributed by atoms with Crippen molar-refractivity contribution < 1.29 is 19.8 Å². The Hall–Kier alpha value is -0.750. The molecule has 82 valence electrons. The van der Waals surface area contributed by atoms with Crippen LogP contribution in [0.2, 0.25) is 0 Å². The largest absolute Gasteiger partial charge is 0.481 e. The van der Waals surface area contributed by atoms with E-state index in [-0.39, 0.29) is 6.61 Å². The molecule has 0 saturated carbocycles. The first-order valence-electron chi connectivity index (χ1n) is 4.34. The molecule has 0 aliphatic heterocycles. The summed E-state index contributed by atoms with van der Waals surface area (Å²) in [5.41, 5.74) is 0. The van der Waals surface area contributed by atoms with E-state index in [1.54, 1.807) is 11.8 Å². The Kier molecular flexibility index (Phi) is 8.36. The van der Waals surface area contributed by atoms with E-state index in [1.165, 1.54) is 0 Å². The molecule has 0 aromatic rings. The Labute approximate surface area is 86.9 Å². The number of hydrogen-bond donors (Lipinski definition) is 3. The second-order valence-corrected chi connectivity index (χ2v) is 3.83. The van der Waals surface area contributed by atoms with Crippen molar-refractivity contribution in [1.82, 2.24) is 5.32 Å². The minimum Gasteiger partial charge on any atom is -0.481 e. The van der Waals surface area contributed by atoms with Gasteiger partial charge in [0.05, 0.1) is 0 Å². The molecule has 0 aromatic heterocycles. The Morgan fingerprint density at radius 1 is 1.29 bits per heavy atom. The third kappa shape index (κ3) is 9.34. The lowest BCUT2D eigenvalue weighted by molar-refractivity contribution is -0.140. The number of aliphatic carboxylic acids is 1. The summed E-state index contributed by atoms with van der Waals surface area (Å²) in [5, 5.41) is 19.2. The minimum absolute atomic E-state index is 0.179. The van der Waals surface area contributed by atoms with E-state index >= 15 is 0 Å². The second kappa shape index (κ2) is 8.83. The van der Waals surface area contributed by atoms with Crippen LogP contribution in [0.1, 0.15) is 12.8 Å². The monoisotopic (exact) mass is 221 g/mol. The van der Waals surface area contributed by atoms with E-state index < -0.39 is 18.3 Å². The molecule has 0 aromatic carbocycles. The lowest BCUT2D eigenvalue weighted by Crippen LogP contribution is -2.27. The molecule has 0 atom stereocenters. The number of carbonyl (C=O) groups is 2. The Morgan fingerprint density at radius 2 is 2.00 bits per heavy atom. The van der Waals surface area contributed by atoms with Crippen molar-refractivity contribution in [2.45, 2.75) is 12.8 Å². The molecule has 0 unspecified atom stereocenters. The van der Waals surface area contributed by atoms with Gasteiger partial charge in [0.15, 0.2) is 0 Å². The zero-order valence-electron chi connectivity index (χ0n) is 7.86. The fourth-order valence-electron chi connectivity index (χ4n) is 0.731. The van der Waals surface area contributed by atoms with Gasteiger partial charge in [-0.15, -0.1) is 0 Å². The molecule has 0 fully saturated rings. The van der Waals surface area contributed by atoms with Gasteiger partial charge in [-0.2, -0.15) is 11.8 Å². The van der Waals surface area contributed by atoms with Crippen LogP contribution < -0.4 is 5.32 Å². The normalized spacial score (nSPS) is 9.79. The van der Waals surface area contributed by atoms with Crippen molar-refractivity contribution in [3.8, 4) is 0 Å². The zero-order chi connectivity index (χ0) is 10.8. The summed E-state index contributed by atoms with van der Waals surface area (Å²) in [4.78, 5) is 20.9. The Morgan fingerprint density at radius 3 is 2.57 bits per heavy atom. The van der Waals surface area contributed by atoms with Crippen molar-refractivity contribution >= 4 is 23.6 Å². The molecule has 3 N–H and O–H groups in total. The lowest BCUT2D eigenvalue weighted by Gasteiger charge is -2.02. The first kappa shape index (κ1) is 13.2. The predicted molar refractivity (Wildman–Crippen MR) is 54.3 cm³/mol. The topological polar surface area (TPSA) is 86.6 Å². The van der Waals surface area contributed by atoms with Gasteiger partial charge in [0.1, 0.15) is 6.42 Å². The molecule has 0 bridgehead atoms. The van der Waals surface area contributed by atoms with E-state index in [0.717, 1.165) is 17.9 Å². The maximum Gasteiger partial charge on any atom is 0.312 e. The number of aliphatic hydroxyl groups excluding tert-OH is 1. The van der Waals surface area contributed by atoms with E-state index in [2.05, 4.69) is 5.32 Å². The van der Waals surface area contributed by atoms with Gasteiger partial charge in [0.25, 0.3) is 0 Å². The quantitative estimate of drug-likeness (QED) is 0.387. The highest BCUT2D eigenvalue weighted by Gasteiger charge is 2.05. The molecule has 0 spiro atoms. The van der Waals surface area contributed by atoms with Crippen LogP contribution in [0.15, 0.2) is 0 Å². The Bertz CT molecular complexity index is 186. The smallest absolute Gasteiger partial charge is 0.312 e. The highest BCUT2D eigenvalue weighted by molar-refractivity contribution is 7.99. The molecule has 0 aliphatic rings. The molecule has 1 amide bonds. The standard InChI is InChI=1S/C8H15NO4S/c10-3-1-4-14-5-2-9-7(11)6-8(12)13/h10H,1-6H2,(H,9,11)(H,12,13). The lowest BCUT2D eigenvalue weighted by atomic mass is 10.4. The zero-order valence-corrected chi connectivity index (χ0v) is 8.68. The summed E-state index contributed by atoms with van der Waals surface area (Å²) >= 11 is 1.62. The van der Waals surface area contributed by atoms with Gasteiger partial charge in [0.2, 0.25) is 5.91 Å². The van der Waals surface area contributed by atoms with Crippen LogP contribution in [-0.2, 0) is 9.59 Å². The van der Waals surface area contributed by atoms with Crippen molar-refractivity contribution in [3.05, 3.63) is 0 Å². The summed E-state index contributed by atoms with van der Waals surface area (Å²) in [6.07, 6.45) is 0.273. The predicted octanol–water partition coefficient (Wildman–Crippen LogP) is -0.307. The van der Waals surface area contributed by atoms with Crippen molar-refractivity contribution in [1.29, 1.82) is 0 Å². The molecule has 6 heteroatoms. The van der Waals surface area contributed by atoms with E-state index in [0.29, 0.717) is 6.54 Å². The maximum absolute atomic E-state index is 10.8. The van der Waals surface area contributed by atoms with Crippen LogP contribution in [0.4, 0.5) is 0 Å². The highest BCUT2D eigenvalue weighted by Crippen LogP contribution is 1.99. The molecule has 0 radical (unpaired) electrons. The molecule has 14 heavy (non-hydrogen) atoms. The third-order valence-electron chi connectivity index (χ3n) is 1.33. The van der Waals surface area contributed by atoms with Gasteiger partial charge in [-0.1, -0.05) is 0 Å². The highest BCUT2D eigenvalue weighted by atomic mass is 32.2. The first-order valence-corrected chi connectivity index (χ1v) is 5.49. The first-order chi connectivity index (χ1) is 6.66. The van der Waals surface area contributed by atoms with Crippen LogP contribution in [0, 0.1) is 0 Å². The fraction of sp³-hybridized carbons (Fsp3) is 0.750. The van der Waals surface area contributed by atoms with Gasteiger partial charge in [-0.3, -0.25) is 9.59 Å². The fourth-order valence-corrected chi connectivity index (χ4v) is 1.51. The third-order valence-corrected chi connectivity index (χ3v) is 2.40. The van der Waals surface area contributed by atoms with E-state index in [9.17, 15) is 9.59 Å². The number of aliphatic hydroxyl groups is 1. The molecular formula is C8H15NO4S. The maximum atomic E-state index is 10.8. The summed E-state index contributed by atoms with van der Waals surface area (Å²) in [7, 11) is 0. The summed E-state index contributed by atoms with van der Waals surface area (Å²) in [5.74, 6) is 0.0205. The van der Waals surface area contributed by atoms with Crippen molar-refractivity contribution in [2.24, 2.45) is 0 Å². The molecule has 5 nitrogen and oxygen atoms in total.